The Morgan fingerprint density at radius 3 is 2.68 bits per heavy atom. The number of halogens is 2. The summed E-state index contributed by atoms with van der Waals surface area (Å²) >= 11 is 6.45. The molecule has 1 atom stereocenters. The summed E-state index contributed by atoms with van der Waals surface area (Å²) in [7, 11) is 1.47. The van der Waals surface area contributed by atoms with Crippen molar-refractivity contribution < 1.29 is 19.0 Å². The number of methoxy groups -OCH3 is 1. The number of aliphatic hydroxyl groups is 1. The second-order valence-electron chi connectivity index (χ2n) is 9.77. The summed E-state index contributed by atoms with van der Waals surface area (Å²) in [5, 5.41) is 11.6. The number of nitrogens with zero attached hydrogens (tertiary/aromatic N) is 5. The van der Waals surface area contributed by atoms with Gasteiger partial charge < -0.3 is 25.8 Å². The molecule has 3 heterocycles. The van der Waals surface area contributed by atoms with Crippen LogP contribution in [0.5, 0.6) is 5.75 Å². The van der Waals surface area contributed by atoms with Crippen molar-refractivity contribution in [1.29, 1.82) is 0 Å². The third kappa shape index (κ3) is 6.45. The Bertz CT molecular complexity index is 1120. The van der Waals surface area contributed by atoms with Crippen LogP contribution in [-0.4, -0.2) is 95.9 Å². The zero-order chi connectivity index (χ0) is 27.2. The summed E-state index contributed by atoms with van der Waals surface area (Å²) in [5.41, 5.74) is 6.96. The van der Waals surface area contributed by atoms with Crippen LogP contribution in [0.4, 0.5) is 16.0 Å². The fourth-order valence-corrected chi connectivity index (χ4v) is 5.67. The van der Waals surface area contributed by atoms with Crippen molar-refractivity contribution >= 4 is 29.1 Å². The number of likely N-dealkylation sites (tertiary alicyclic amines) is 1. The smallest absolute Gasteiger partial charge is 0.273 e. The van der Waals surface area contributed by atoms with Crippen LogP contribution in [0.15, 0.2) is 18.2 Å². The minimum Gasteiger partial charge on any atom is -0.494 e. The molecule has 12 heteroatoms. The first kappa shape index (κ1) is 28.3. The molecule has 38 heavy (non-hydrogen) atoms. The molecule has 2 aliphatic rings. The lowest BCUT2D eigenvalue weighted by Gasteiger charge is -2.47. The maximum Gasteiger partial charge on any atom is 0.273 e. The summed E-state index contributed by atoms with van der Waals surface area (Å²) in [5.74, 6) is -0.0690. The Morgan fingerprint density at radius 2 is 2.03 bits per heavy atom. The largest absolute Gasteiger partial charge is 0.494 e. The molecule has 4 rings (SSSR count). The molecule has 2 saturated heterocycles. The van der Waals surface area contributed by atoms with Crippen LogP contribution in [-0.2, 0) is 6.54 Å². The first-order valence-electron chi connectivity index (χ1n) is 13.1. The number of nitrogens with one attached hydrogen (secondary N) is 1. The molecule has 0 radical (unpaired) electrons. The van der Waals surface area contributed by atoms with Crippen LogP contribution in [0, 0.1) is 5.82 Å². The van der Waals surface area contributed by atoms with Gasteiger partial charge in [-0.05, 0) is 50.0 Å². The number of benzene rings is 1. The second-order valence-corrected chi connectivity index (χ2v) is 10.1. The maximum absolute atomic E-state index is 14.1. The van der Waals surface area contributed by atoms with E-state index in [2.05, 4.69) is 36.9 Å². The molecule has 0 spiro atoms. The fourth-order valence-electron chi connectivity index (χ4n) is 5.42. The number of rotatable bonds is 9. The van der Waals surface area contributed by atoms with Gasteiger partial charge in [0.25, 0.3) is 5.91 Å². The van der Waals surface area contributed by atoms with Crippen molar-refractivity contribution in [3.8, 4) is 5.75 Å². The lowest BCUT2D eigenvalue weighted by Crippen LogP contribution is -2.58. The van der Waals surface area contributed by atoms with E-state index in [1.165, 1.54) is 7.11 Å². The number of piperazine rings is 1. The van der Waals surface area contributed by atoms with E-state index in [1.807, 2.05) is 6.07 Å². The van der Waals surface area contributed by atoms with Crippen LogP contribution >= 0.6 is 11.6 Å². The van der Waals surface area contributed by atoms with Gasteiger partial charge in [0.1, 0.15) is 0 Å². The first-order valence-corrected chi connectivity index (χ1v) is 13.5. The number of carbonyl (C=O) groups excluding carboxylic acids is 1. The van der Waals surface area contributed by atoms with Crippen LogP contribution in [0.25, 0.3) is 0 Å². The highest BCUT2D eigenvalue weighted by atomic mass is 35.5. The average molecular weight is 550 g/mol. The van der Waals surface area contributed by atoms with E-state index in [-0.39, 0.29) is 41.4 Å². The van der Waals surface area contributed by atoms with E-state index in [9.17, 15) is 9.18 Å². The Kier molecular flexibility index (Phi) is 9.59. The number of aliphatic hydroxyl groups excluding tert-OH is 1. The molecule has 1 amide bonds. The van der Waals surface area contributed by atoms with Crippen molar-refractivity contribution in [2.75, 3.05) is 63.6 Å². The molecular formula is C26H37ClFN7O3. The molecule has 10 nitrogen and oxygen atoms in total. The number of aromatic nitrogens is 2. The number of carbonyl (C=O) groups is 1. The Morgan fingerprint density at radius 1 is 1.26 bits per heavy atom. The molecule has 0 aliphatic carbocycles. The average Bonchev–Trinajstić information content (AvgIpc) is 2.93. The third-order valence-corrected chi connectivity index (χ3v) is 7.68. The van der Waals surface area contributed by atoms with Gasteiger partial charge in [0.05, 0.1) is 13.7 Å². The number of ether oxygens (including phenoxy) is 1. The zero-order valence-electron chi connectivity index (χ0n) is 22.0. The van der Waals surface area contributed by atoms with Gasteiger partial charge >= 0.3 is 0 Å². The van der Waals surface area contributed by atoms with Crippen LogP contribution < -0.4 is 20.7 Å². The van der Waals surface area contributed by atoms with Gasteiger partial charge in [-0.1, -0.05) is 24.6 Å². The van der Waals surface area contributed by atoms with Crippen molar-refractivity contribution in [1.82, 2.24) is 25.1 Å². The lowest BCUT2D eigenvalue weighted by molar-refractivity contribution is 0.0610. The summed E-state index contributed by atoms with van der Waals surface area (Å²) in [6.07, 6.45) is 3.09. The lowest BCUT2D eigenvalue weighted by atomic mass is 9.98. The molecule has 0 unspecified atom stereocenters. The number of hydrogen-bond donors (Lipinski definition) is 3. The number of amides is 1. The van der Waals surface area contributed by atoms with E-state index in [1.54, 1.807) is 12.1 Å². The van der Waals surface area contributed by atoms with Crippen molar-refractivity contribution in [3.63, 3.8) is 0 Å². The normalized spacial score (nSPS) is 19.5. The summed E-state index contributed by atoms with van der Waals surface area (Å²) < 4.78 is 19.1. The molecule has 1 aromatic carbocycles. The highest BCUT2D eigenvalue weighted by molar-refractivity contribution is 6.32. The van der Waals surface area contributed by atoms with E-state index in [0.29, 0.717) is 17.9 Å². The number of anilines is 2. The summed E-state index contributed by atoms with van der Waals surface area (Å²) in [6.45, 7) is 7.08. The summed E-state index contributed by atoms with van der Waals surface area (Å²) in [4.78, 5) is 28.0. The van der Waals surface area contributed by atoms with Gasteiger partial charge in [-0.15, -0.1) is 0 Å². The van der Waals surface area contributed by atoms with Crippen molar-refractivity contribution in [2.45, 2.75) is 44.8 Å². The van der Waals surface area contributed by atoms with E-state index in [4.69, 9.17) is 27.2 Å². The molecule has 0 bridgehead atoms. The van der Waals surface area contributed by atoms with Gasteiger partial charge in [-0.3, -0.25) is 14.6 Å². The highest BCUT2D eigenvalue weighted by Crippen LogP contribution is 2.30. The summed E-state index contributed by atoms with van der Waals surface area (Å²) in [6, 6.07) is 5.98. The number of piperidine rings is 1. The molecule has 0 saturated carbocycles. The molecule has 2 fully saturated rings. The number of nitrogen functional groups attached to an aromatic ring is 1. The Balaban J connectivity index is 1.35. The first-order chi connectivity index (χ1) is 18.3. The fraction of sp³-hybridized carbons (Fsp3) is 0.577. The highest BCUT2D eigenvalue weighted by Gasteiger charge is 2.34. The predicted molar refractivity (Wildman–Crippen MR) is 145 cm³/mol. The minimum atomic E-state index is -0.516. The van der Waals surface area contributed by atoms with Gasteiger partial charge in [0, 0.05) is 44.8 Å². The molecule has 1 aromatic heterocycles. The van der Waals surface area contributed by atoms with Crippen molar-refractivity contribution in [3.05, 3.63) is 40.4 Å². The monoisotopic (exact) mass is 549 g/mol. The van der Waals surface area contributed by atoms with Crippen LogP contribution in [0.3, 0.4) is 0 Å². The molecule has 2 aliphatic heterocycles. The Labute approximate surface area is 227 Å². The SMILES string of the molecule is CC[C@H]1CN(c2nc(N)c(C(=O)NCCO)nc2Cl)CCN1C1CCN(Cc2ccc(OC)c(F)c2)CC1. The van der Waals surface area contributed by atoms with Crippen LogP contribution in [0.2, 0.25) is 5.15 Å². The van der Waals surface area contributed by atoms with Crippen LogP contribution in [0.1, 0.15) is 42.2 Å². The number of hydrogen-bond acceptors (Lipinski definition) is 9. The van der Waals surface area contributed by atoms with E-state index < -0.39 is 5.91 Å². The Hall–Kier alpha value is -2.73. The third-order valence-electron chi connectivity index (χ3n) is 7.42. The second kappa shape index (κ2) is 12.9. The molecule has 208 valence electrons. The predicted octanol–water partition coefficient (Wildman–Crippen LogP) is 2.15. The quantitative estimate of drug-likeness (QED) is 0.432. The van der Waals surface area contributed by atoms with Gasteiger partial charge in [-0.2, -0.15) is 0 Å². The topological polar surface area (TPSA) is 120 Å². The molecular weight excluding hydrogens is 513 g/mol. The minimum absolute atomic E-state index is 0.0134. The number of nitrogens with two attached hydrogens (primary N) is 1. The van der Waals surface area contributed by atoms with Crippen molar-refractivity contribution in [2.24, 2.45) is 0 Å². The van der Waals surface area contributed by atoms with Gasteiger partial charge in [0.15, 0.2) is 34.0 Å². The standard InChI is InChI=1S/C26H37ClFN7O3/c1-3-18-16-34(25-23(27)31-22(24(29)32-25)26(37)30-8-13-36)11-12-35(18)19-6-9-33(10-7-19)15-17-4-5-21(38-2)20(28)14-17/h4-5,14,18-19,36H,3,6-13,15-16H2,1-2H3,(H2,29,32)(H,30,37)/t18-/m0/s1. The van der Waals surface area contributed by atoms with E-state index >= 15 is 0 Å². The van der Waals surface area contributed by atoms with Gasteiger partial charge in [-0.25, -0.2) is 14.4 Å². The zero-order valence-corrected chi connectivity index (χ0v) is 22.8. The maximum atomic E-state index is 14.1. The molecule has 2 aromatic rings. The van der Waals surface area contributed by atoms with Gasteiger partial charge in [0.2, 0.25) is 0 Å². The van der Waals surface area contributed by atoms with E-state index in [0.717, 1.165) is 64.1 Å². The molecule has 4 N–H and O–H groups in total.